The van der Waals surface area contributed by atoms with Crippen LogP contribution in [-0.4, -0.2) is 23.7 Å². The van der Waals surface area contributed by atoms with Crippen molar-refractivity contribution in [1.29, 1.82) is 0 Å². The number of carboxylic acid groups (broad SMARTS) is 1. The van der Waals surface area contributed by atoms with Crippen molar-refractivity contribution < 1.29 is 19.4 Å². The van der Waals surface area contributed by atoms with E-state index < -0.39 is 23.3 Å². The fourth-order valence-corrected chi connectivity index (χ4v) is 3.69. The third kappa shape index (κ3) is 3.12. The van der Waals surface area contributed by atoms with Crippen LogP contribution in [0.3, 0.4) is 0 Å². The van der Waals surface area contributed by atoms with Gasteiger partial charge >= 0.3 is 11.9 Å². The van der Waals surface area contributed by atoms with Gasteiger partial charge in [0.05, 0.1) is 17.9 Å². The van der Waals surface area contributed by atoms with Gasteiger partial charge in [-0.25, -0.2) is 0 Å². The topological polar surface area (TPSA) is 63.6 Å². The summed E-state index contributed by atoms with van der Waals surface area (Å²) in [6.07, 6.45) is 3.71. The Hall–Kier alpha value is -1.55. The first kappa shape index (κ1) is 16.8. The van der Waals surface area contributed by atoms with E-state index in [4.69, 9.17) is 16.3 Å². The molecule has 1 aromatic carbocycles. The molecule has 0 aromatic heterocycles. The Bertz CT molecular complexity index is 549. The maximum atomic E-state index is 12.6. The molecule has 1 aromatic rings. The average Bonchev–Trinajstić information content (AvgIpc) is 2.50. The van der Waals surface area contributed by atoms with E-state index in [0.29, 0.717) is 23.4 Å². The van der Waals surface area contributed by atoms with Gasteiger partial charge in [0.25, 0.3) is 0 Å². The summed E-state index contributed by atoms with van der Waals surface area (Å²) in [6.45, 7) is 1.98. The SMILES string of the molecule is CCOC(=O)C1(C(C(=O)O)c2ccccc2Cl)CCCCC1. The van der Waals surface area contributed by atoms with Crippen molar-refractivity contribution >= 4 is 23.5 Å². The van der Waals surface area contributed by atoms with Gasteiger partial charge in [0.1, 0.15) is 0 Å². The van der Waals surface area contributed by atoms with E-state index in [0.717, 1.165) is 19.3 Å². The van der Waals surface area contributed by atoms with Crippen LogP contribution >= 0.6 is 11.6 Å². The largest absolute Gasteiger partial charge is 0.481 e. The summed E-state index contributed by atoms with van der Waals surface area (Å²) < 4.78 is 5.23. The molecule has 1 atom stereocenters. The third-order valence-electron chi connectivity index (χ3n) is 4.44. The minimum Gasteiger partial charge on any atom is -0.481 e. The first-order chi connectivity index (χ1) is 10.5. The summed E-state index contributed by atoms with van der Waals surface area (Å²) in [7, 11) is 0. The number of halogens is 1. The number of aliphatic carboxylic acids is 1. The van der Waals surface area contributed by atoms with Crippen LogP contribution in [-0.2, 0) is 14.3 Å². The van der Waals surface area contributed by atoms with Gasteiger partial charge in [0, 0.05) is 5.02 Å². The highest BCUT2D eigenvalue weighted by Crippen LogP contribution is 2.49. The van der Waals surface area contributed by atoms with Crippen molar-refractivity contribution in [3.63, 3.8) is 0 Å². The summed E-state index contributed by atoms with van der Waals surface area (Å²) in [5.74, 6) is -2.41. The van der Waals surface area contributed by atoms with E-state index >= 15 is 0 Å². The number of carbonyl (C=O) groups excluding carboxylic acids is 1. The van der Waals surface area contributed by atoms with Gasteiger partial charge in [-0.15, -0.1) is 0 Å². The van der Waals surface area contributed by atoms with E-state index in [1.807, 2.05) is 0 Å². The monoisotopic (exact) mass is 324 g/mol. The van der Waals surface area contributed by atoms with Crippen LogP contribution in [0.25, 0.3) is 0 Å². The van der Waals surface area contributed by atoms with E-state index in [1.165, 1.54) is 0 Å². The Morgan fingerprint density at radius 3 is 2.45 bits per heavy atom. The van der Waals surface area contributed by atoms with Crippen LogP contribution in [0.5, 0.6) is 0 Å². The lowest BCUT2D eigenvalue weighted by Crippen LogP contribution is -2.44. The van der Waals surface area contributed by atoms with Crippen molar-refractivity contribution in [2.45, 2.75) is 44.9 Å². The van der Waals surface area contributed by atoms with E-state index in [9.17, 15) is 14.7 Å². The molecule has 0 heterocycles. The zero-order valence-corrected chi connectivity index (χ0v) is 13.4. The molecule has 0 saturated heterocycles. The maximum Gasteiger partial charge on any atom is 0.313 e. The molecule has 5 heteroatoms. The van der Waals surface area contributed by atoms with Crippen LogP contribution in [0.4, 0.5) is 0 Å². The minimum absolute atomic E-state index is 0.245. The summed E-state index contributed by atoms with van der Waals surface area (Å²) in [5.41, 5.74) is -0.530. The van der Waals surface area contributed by atoms with Crippen LogP contribution in [0.15, 0.2) is 24.3 Å². The highest BCUT2D eigenvalue weighted by molar-refractivity contribution is 6.31. The smallest absolute Gasteiger partial charge is 0.313 e. The van der Waals surface area contributed by atoms with Gasteiger partial charge in [-0.1, -0.05) is 49.1 Å². The van der Waals surface area contributed by atoms with E-state index in [-0.39, 0.29) is 6.61 Å². The molecule has 1 fully saturated rings. The van der Waals surface area contributed by atoms with Crippen molar-refractivity contribution in [2.75, 3.05) is 6.61 Å². The molecule has 0 radical (unpaired) electrons. The fraction of sp³-hybridized carbons (Fsp3) is 0.529. The summed E-state index contributed by atoms with van der Waals surface area (Å²) in [4.78, 5) is 24.6. The van der Waals surface area contributed by atoms with Gasteiger partial charge in [-0.3, -0.25) is 9.59 Å². The first-order valence-corrected chi connectivity index (χ1v) is 8.05. The molecule has 4 nitrogen and oxygen atoms in total. The molecule has 1 unspecified atom stereocenters. The molecule has 1 saturated carbocycles. The van der Waals surface area contributed by atoms with Crippen molar-refractivity contribution in [3.8, 4) is 0 Å². The van der Waals surface area contributed by atoms with Crippen LogP contribution < -0.4 is 0 Å². The number of ether oxygens (including phenoxy) is 1. The van der Waals surface area contributed by atoms with Gasteiger partial charge < -0.3 is 9.84 Å². The second-order valence-corrected chi connectivity index (χ2v) is 6.14. The second kappa shape index (κ2) is 7.14. The van der Waals surface area contributed by atoms with Crippen LogP contribution in [0, 0.1) is 5.41 Å². The normalized spacial score (nSPS) is 18.5. The first-order valence-electron chi connectivity index (χ1n) is 7.67. The molecule has 1 N–H and O–H groups in total. The highest BCUT2D eigenvalue weighted by atomic mass is 35.5. The molecular formula is C17H21ClO4. The summed E-state index contributed by atoms with van der Waals surface area (Å²) in [5, 5.41) is 10.2. The number of rotatable bonds is 5. The average molecular weight is 325 g/mol. The lowest BCUT2D eigenvalue weighted by atomic mass is 9.63. The Kier molecular flexibility index (Phi) is 5.46. The molecule has 0 amide bonds. The predicted octanol–water partition coefficient (Wildman–Crippen LogP) is 4.02. The van der Waals surface area contributed by atoms with Crippen molar-refractivity contribution in [2.24, 2.45) is 5.41 Å². The lowest BCUT2D eigenvalue weighted by Gasteiger charge is -2.39. The molecule has 1 aliphatic rings. The Morgan fingerprint density at radius 1 is 1.27 bits per heavy atom. The van der Waals surface area contributed by atoms with Gasteiger partial charge in [0.15, 0.2) is 0 Å². The van der Waals surface area contributed by atoms with Gasteiger partial charge in [0.2, 0.25) is 0 Å². The Morgan fingerprint density at radius 2 is 1.91 bits per heavy atom. The Balaban J connectivity index is 2.52. The number of carboxylic acids is 1. The van der Waals surface area contributed by atoms with Crippen molar-refractivity contribution in [1.82, 2.24) is 0 Å². The fourth-order valence-electron chi connectivity index (χ4n) is 3.44. The number of hydrogen-bond donors (Lipinski definition) is 1. The van der Waals surface area contributed by atoms with Crippen molar-refractivity contribution in [3.05, 3.63) is 34.9 Å². The predicted molar refractivity (Wildman–Crippen MR) is 84.0 cm³/mol. The van der Waals surface area contributed by atoms with E-state index in [1.54, 1.807) is 31.2 Å². The number of esters is 1. The Labute approximate surface area is 135 Å². The third-order valence-corrected chi connectivity index (χ3v) is 4.79. The molecule has 2 rings (SSSR count). The summed E-state index contributed by atoms with van der Waals surface area (Å²) >= 11 is 6.21. The summed E-state index contributed by atoms with van der Waals surface area (Å²) in [6, 6.07) is 6.85. The zero-order chi connectivity index (χ0) is 16.2. The minimum atomic E-state index is -1.02. The molecule has 120 valence electrons. The van der Waals surface area contributed by atoms with Crippen LogP contribution in [0.2, 0.25) is 5.02 Å². The van der Waals surface area contributed by atoms with Gasteiger partial charge in [-0.05, 0) is 31.4 Å². The molecule has 0 aliphatic heterocycles. The highest BCUT2D eigenvalue weighted by Gasteiger charge is 2.52. The maximum absolute atomic E-state index is 12.6. The molecule has 22 heavy (non-hydrogen) atoms. The number of carbonyl (C=O) groups is 2. The number of benzene rings is 1. The zero-order valence-electron chi connectivity index (χ0n) is 12.7. The second-order valence-electron chi connectivity index (χ2n) is 5.73. The van der Waals surface area contributed by atoms with Crippen LogP contribution in [0.1, 0.15) is 50.5 Å². The van der Waals surface area contributed by atoms with E-state index in [2.05, 4.69) is 0 Å². The quantitative estimate of drug-likeness (QED) is 0.831. The molecule has 0 bridgehead atoms. The lowest BCUT2D eigenvalue weighted by molar-refractivity contribution is -0.165. The number of hydrogen-bond acceptors (Lipinski definition) is 3. The molecule has 0 spiro atoms. The molecular weight excluding hydrogens is 304 g/mol. The standard InChI is InChI=1S/C17H21ClO4/c1-2-22-16(21)17(10-6-3-7-11-17)14(15(19)20)12-8-4-5-9-13(12)18/h4-5,8-9,14H,2-3,6-7,10-11H2,1H3,(H,19,20). The van der Waals surface area contributed by atoms with Gasteiger partial charge in [-0.2, -0.15) is 0 Å². The molecule has 1 aliphatic carbocycles.